The van der Waals surface area contributed by atoms with Crippen LogP contribution in [0.4, 0.5) is 4.39 Å². The highest BCUT2D eigenvalue weighted by Crippen LogP contribution is 2.30. The second kappa shape index (κ2) is 10.5. The van der Waals surface area contributed by atoms with E-state index in [0.717, 1.165) is 35.4 Å². The quantitative estimate of drug-likeness (QED) is 0.317. The Bertz CT molecular complexity index is 1250. The first kappa shape index (κ1) is 23.4. The number of nitrogens with one attached hydrogen (secondary N) is 1. The molecule has 1 atom stereocenters. The molecule has 4 rings (SSSR count). The Balaban J connectivity index is 1.77. The maximum atomic E-state index is 13.6. The van der Waals surface area contributed by atoms with E-state index in [1.165, 1.54) is 17.7 Å². The summed E-state index contributed by atoms with van der Waals surface area (Å²) in [7, 11) is 0. The highest BCUT2D eigenvalue weighted by atomic mass is 19.1. The maximum Gasteiger partial charge on any atom is 0.270 e. The topological polar surface area (TPSA) is 46.9 Å². The van der Waals surface area contributed by atoms with Crippen LogP contribution in [0.25, 0.3) is 22.6 Å². The van der Waals surface area contributed by atoms with E-state index < -0.39 is 0 Å². The first-order chi connectivity index (χ1) is 16.5. The van der Waals surface area contributed by atoms with Crippen molar-refractivity contribution in [3.63, 3.8) is 0 Å². The molecule has 1 aromatic heterocycles. The summed E-state index contributed by atoms with van der Waals surface area (Å²) in [6, 6.07) is 24.1. The minimum absolute atomic E-state index is 0.207. The summed E-state index contributed by atoms with van der Waals surface area (Å²) in [6.07, 6.45) is 2.10. The highest BCUT2D eigenvalue weighted by Gasteiger charge is 2.25. The lowest BCUT2D eigenvalue weighted by Gasteiger charge is -2.16. The van der Waals surface area contributed by atoms with E-state index in [4.69, 9.17) is 4.98 Å². The third kappa shape index (κ3) is 4.93. The predicted octanol–water partition coefficient (Wildman–Crippen LogP) is 6.82. The standard InChI is InChI=1S/C29H30FN3O/c1-4-9-21-12-14-23(15-13-21)26-27(29(34)31-20(3)22-16-18-25(30)19-17-22)33(5-2)28(32-26)24-10-7-6-8-11-24/h6-8,10-20H,4-5,9H2,1-3H3,(H,31,34). The first-order valence-electron chi connectivity index (χ1n) is 11.8. The fraction of sp³-hybridized carbons (Fsp3) is 0.241. The van der Waals surface area contributed by atoms with E-state index in [9.17, 15) is 9.18 Å². The van der Waals surface area contributed by atoms with Crippen LogP contribution in [0.15, 0.2) is 78.9 Å². The number of nitrogens with zero attached hydrogens (tertiary/aromatic N) is 2. The molecule has 174 valence electrons. The van der Waals surface area contributed by atoms with E-state index in [1.54, 1.807) is 12.1 Å². The summed E-state index contributed by atoms with van der Waals surface area (Å²) < 4.78 is 15.3. The van der Waals surface area contributed by atoms with E-state index in [2.05, 4.69) is 24.4 Å². The third-order valence-electron chi connectivity index (χ3n) is 6.01. The molecule has 1 heterocycles. The van der Waals surface area contributed by atoms with Gasteiger partial charge in [-0.2, -0.15) is 0 Å². The van der Waals surface area contributed by atoms with Gasteiger partial charge in [0.15, 0.2) is 0 Å². The summed E-state index contributed by atoms with van der Waals surface area (Å²) in [5, 5.41) is 3.09. The van der Waals surface area contributed by atoms with Crippen molar-refractivity contribution < 1.29 is 9.18 Å². The SMILES string of the molecule is CCCc1ccc(-c2nc(-c3ccccc3)n(CC)c2C(=O)NC(C)c2ccc(F)cc2)cc1. The number of aryl methyl sites for hydroxylation is 1. The molecule has 0 spiro atoms. The summed E-state index contributed by atoms with van der Waals surface area (Å²) in [5.41, 5.74) is 5.15. The van der Waals surface area contributed by atoms with Crippen LogP contribution in [-0.2, 0) is 13.0 Å². The van der Waals surface area contributed by atoms with Gasteiger partial charge in [-0.1, -0.05) is 80.1 Å². The van der Waals surface area contributed by atoms with Gasteiger partial charge >= 0.3 is 0 Å². The zero-order valence-corrected chi connectivity index (χ0v) is 19.9. The van der Waals surface area contributed by atoms with Crippen LogP contribution in [0.1, 0.15) is 54.8 Å². The Hall–Kier alpha value is -3.73. The van der Waals surface area contributed by atoms with E-state index in [1.807, 2.05) is 60.9 Å². The molecule has 0 aliphatic heterocycles. The molecule has 5 heteroatoms. The van der Waals surface area contributed by atoms with Crippen molar-refractivity contribution in [3.8, 4) is 22.6 Å². The van der Waals surface area contributed by atoms with Gasteiger partial charge in [-0.3, -0.25) is 4.79 Å². The lowest BCUT2D eigenvalue weighted by atomic mass is 10.0. The molecule has 0 aliphatic carbocycles. The minimum atomic E-state index is -0.298. The van der Waals surface area contributed by atoms with Crippen molar-refractivity contribution in [2.24, 2.45) is 0 Å². The molecule has 3 aromatic carbocycles. The fourth-order valence-corrected chi connectivity index (χ4v) is 4.22. The van der Waals surface area contributed by atoms with Gasteiger partial charge in [0.2, 0.25) is 0 Å². The van der Waals surface area contributed by atoms with Crippen molar-refractivity contribution in [2.45, 2.75) is 46.2 Å². The number of carbonyl (C=O) groups excluding carboxylic acids is 1. The molecule has 0 saturated carbocycles. The van der Waals surface area contributed by atoms with Crippen molar-refractivity contribution in [3.05, 3.63) is 102 Å². The van der Waals surface area contributed by atoms with Crippen molar-refractivity contribution in [1.29, 1.82) is 0 Å². The van der Waals surface area contributed by atoms with E-state index >= 15 is 0 Å². The molecule has 0 saturated heterocycles. The number of benzene rings is 3. The lowest BCUT2D eigenvalue weighted by molar-refractivity contribution is 0.0931. The number of amides is 1. The Labute approximate surface area is 200 Å². The minimum Gasteiger partial charge on any atom is -0.344 e. The monoisotopic (exact) mass is 455 g/mol. The molecule has 0 bridgehead atoms. The first-order valence-corrected chi connectivity index (χ1v) is 11.8. The van der Waals surface area contributed by atoms with Crippen LogP contribution >= 0.6 is 0 Å². The van der Waals surface area contributed by atoms with Crippen LogP contribution in [0.3, 0.4) is 0 Å². The van der Waals surface area contributed by atoms with Crippen LogP contribution in [0, 0.1) is 5.82 Å². The molecule has 1 amide bonds. The van der Waals surface area contributed by atoms with Crippen molar-refractivity contribution >= 4 is 5.91 Å². The number of halogens is 1. The van der Waals surface area contributed by atoms with Gasteiger partial charge in [-0.25, -0.2) is 9.37 Å². The summed E-state index contributed by atoms with van der Waals surface area (Å²) >= 11 is 0. The van der Waals surface area contributed by atoms with Crippen molar-refractivity contribution in [1.82, 2.24) is 14.9 Å². The number of hydrogen-bond acceptors (Lipinski definition) is 2. The zero-order chi connectivity index (χ0) is 24.1. The summed E-state index contributed by atoms with van der Waals surface area (Å²) in [6.45, 7) is 6.67. The molecule has 34 heavy (non-hydrogen) atoms. The Kier molecular flexibility index (Phi) is 7.21. The average molecular weight is 456 g/mol. The molecule has 4 nitrogen and oxygen atoms in total. The molecule has 0 radical (unpaired) electrons. The zero-order valence-electron chi connectivity index (χ0n) is 19.9. The average Bonchev–Trinajstić information content (AvgIpc) is 3.25. The van der Waals surface area contributed by atoms with Crippen LogP contribution in [0.5, 0.6) is 0 Å². The second-order valence-electron chi connectivity index (χ2n) is 8.44. The molecule has 1 N–H and O–H groups in total. The Morgan fingerprint density at radius 1 is 0.941 bits per heavy atom. The molecule has 1 unspecified atom stereocenters. The number of imidazole rings is 1. The van der Waals surface area contributed by atoms with Crippen molar-refractivity contribution in [2.75, 3.05) is 0 Å². The smallest absolute Gasteiger partial charge is 0.270 e. The van der Waals surface area contributed by atoms with E-state index in [0.29, 0.717) is 17.9 Å². The summed E-state index contributed by atoms with van der Waals surface area (Å²) in [4.78, 5) is 18.6. The largest absolute Gasteiger partial charge is 0.344 e. The van der Waals surface area contributed by atoms with Gasteiger partial charge in [-0.05, 0) is 43.5 Å². The number of hydrogen-bond donors (Lipinski definition) is 1. The van der Waals surface area contributed by atoms with Gasteiger partial charge in [0, 0.05) is 17.7 Å². The summed E-state index contributed by atoms with van der Waals surface area (Å²) in [5.74, 6) is 0.254. The third-order valence-corrected chi connectivity index (χ3v) is 6.01. The maximum absolute atomic E-state index is 13.6. The number of carbonyl (C=O) groups is 1. The van der Waals surface area contributed by atoms with E-state index in [-0.39, 0.29) is 17.8 Å². The highest BCUT2D eigenvalue weighted by molar-refractivity contribution is 5.99. The van der Waals surface area contributed by atoms with Crippen LogP contribution < -0.4 is 5.32 Å². The fourth-order valence-electron chi connectivity index (χ4n) is 4.22. The van der Waals surface area contributed by atoms with Gasteiger partial charge in [0.25, 0.3) is 5.91 Å². The molecule has 4 aromatic rings. The predicted molar refractivity (Wildman–Crippen MR) is 135 cm³/mol. The molecule has 0 fully saturated rings. The number of aromatic nitrogens is 2. The second-order valence-corrected chi connectivity index (χ2v) is 8.44. The van der Waals surface area contributed by atoms with Crippen LogP contribution in [0.2, 0.25) is 0 Å². The number of rotatable bonds is 8. The molecular weight excluding hydrogens is 425 g/mol. The van der Waals surface area contributed by atoms with Gasteiger partial charge < -0.3 is 9.88 Å². The normalized spacial score (nSPS) is 11.9. The Morgan fingerprint density at radius 3 is 2.24 bits per heavy atom. The lowest BCUT2D eigenvalue weighted by Crippen LogP contribution is -2.29. The molecular formula is C29H30FN3O. The van der Waals surface area contributed by atoms with Gasteiger partial charge in [0.1, 0.15) is 23.0 Å². The van der Waals surface area contributed by atoms with Crippen LogP contribution in [-0.4, -0.2) is 15.5 Å². The molecule has 0 aliphatic rings. The van der Waals surface area contributed by atoms with Gasteiger partial charge in [0.05, 0.1) is 6.04 Å². The van der Waals surface area contributed by atoms with Gasteiger partial charge in [-0.15, -0.1) is 0 Å². The Morgan fingerprint density at radius 2 is 1.62 bits per heavy atom.